The molecule has 0 N–H and O–H groups in total. The summed E-state index contributed by atoms with van der Waals surface area (Å²) in [4.78, 5) is 7.38. The number of aryl methyl sites for hydroxylation is 2. The minimum absolute atomic E-state index is 0.635. The minimum atomic E-state index is 0.635. The van der Waals surface area contributed by atoms with Crippen LogP contribution in [0.4, 0.5) is 5.82 Å². The van der Waals surface area contributed by atoms with E-state index in [-0.39, 0.29) is 0 Å². The molecule has 2 aliphatic rings. The van der Waals surface area contributed by atoms with Crippen LogP contribution >= 0.6 is 15.9 Å². The summed E-state index contributed by atoms with van der Waals surface area (Å²) in [6.07, 6.45) is 7.65. The van der Waals surface area contributed by atoms with Gasteiger partial charge in [-0.15, -0.1) is 0 Å². The van der Waals surface area contributed by atoms with E-state index in [1.807, 2.05) is 0 Å². The van der Waals surface area contributed by atoms with Crippen LogP contribution in [0.25, 0.3) is 0 Å². The fraction of sp³-hybridized carbons (Fsp3) is 0.643. The second-order valence-electron chi connectivity index (χ2n) is 5.13. The Balaban J connectivity index is 1.87. The number of pyridine rings is 1. The molecule has 1 saturated heterocycles. The number of fused-ring (bicyclic) bond motifs is 1. The number of nitrogens with zero attached hydrogens (tertiary/aromatic N) is 2. The van der Waals surface area contributed by atoms with Crippen molar-refractivity contribution in [3.63, 3.8) is 0 Å². The maximum absolute atomic E-state index is 4.88. The number of alkyl halides is 1. The highest BCUT2D eigenvalue weighted by Crippen LogP contribution is 2.28. The zero-order valence-corrected chi connectivity index (χ0v) is 11.7. The van der Waals surface area contributed by atoms with Crippen LogP contribution in [-0.4, -0.2) is 22.9 Å². The molecular formula is C14H19BrN2. The second kappa shape index (κ2) is 4.97. The molecule has 1 aliphatic heterocycles. The van der Waals surface area contributed by atoms with E-state index in [4.69, 9.17) is 4.98 Å². The van der Waals surface area contributed by atoms with Crippen molar-refractivity contribution >= 4 is 21.7 Å². The summed E-state index contributed by atoms with van der Waals surface area (Å²) < 4.78 is 0. The van der Waals surface area contributed by atoms with Gasteiger partial charge in [-0.25, -0.2) is 4.98 Å². The summed E-state index contributed by atoms with van der Waals surface area (Å²) in [7, 11) is 0. The van der Waals surface area contributed by atoms with E-state index < -0.39 is 0 Å². The zero-order valence-electron chi connectivity index (χ0n) is 10.2. The van der Waals surface area contributed by atoms with Crippen molar-refractivity contribution in [3.05, 3.63) is 23.4 Å². The van der Waals surface area contributed by atoms with Gasteiger partial charge in [0.15, 0.2) is 0 Å². The second-order valence-corrected chi connectivity index (χ2v) is 5.77. The molecule has 0 radical (unpaired) electrons. The average Bonchev–Trinajstić information content (AvgIpc) is 2.85. The molecule has 0 spiro atoms. The molecule has 2 heterocycles. The summed E-state index contributed by atoms with van der Waals surface area (Å²) in [6.45, 7) is 1.17. The Kier molecular flexibility index (Phi) is 3.37. The van der Waals surface area contributed by atoms with E-state index in [1.54, 1.807) is 0 Å². The fourth-order valence-corrected chi connectivity index (χ4v) is 3.70. The van der Waals surface area contributed by atoms with Gasteiger partial charge in [-0.1, -0.05) is 22.0 Å². The molecule has 92 valence electrons. The maximum atomic E-state index is 4.88. The average molecular weight is 295 g/mol. The first-order chi connectivity index (χ1) is 8.38. The third-order valence-electron chi connectivity index (χ3n) is 4.01. The van der Waals surface area contributed by atoms with Gasteiger partial charge < -0.3 is 4.90 Å². The van der Waals surface area contributed by atoms with Gasteiger partial charge in [0.25, 0.3) is 0 Å². The Bertz CT molecular complexity index is 405. The highest BCUT2D eigenvalue weighted by molar-refractivity contribution is 9.09. The topological polar surface area (TPSA) is 16.1 Å². The molecule has 1 unspecified atom stereocenters. The van der Waals surface area contributed by atoms with Crippen molar-refractivity contribution in [2.75, 3.05) is 16.8 Å². The lowest BCUT2D eigenvalue weighted by atomic mass is 10.0. The van der Waals surface area contributed by atoms with Crippen molar-refractivity contribution in [1.82, 2.24) is 4.98 Å². The lowest BCUT2D eigenvalue weighted by Gasteiger charge is -2.36. The maximum Gasteiger partial charge on any atom is 0.129 e. The lowest BCUT2D eigenvalue weighted by Crippen LogP contribution is -2.41. The third kappa shape index (κ3) is 2.22. The molecule has 3 rings (SSSR count). The number of piperidine rings is 1. The van der Waals surface area contributed by atoms with Crippen molar-refractivity contribution < 1.29 is 0 Å². The van der Waals surface area contributed by atoms with Gasteiger partial charge in [-0.05, 0) is 50.2 Å². The summed E-state index contributed by atoms with van der Waals surface area (Å²) in [6, 6.07) is 5.16. The molecule has 1 aromatic rings. The predicted octanol–water partition coefficient (Wildman–Crippen LogP) is 3.32. The normalized spacial score (nSPS) is 23.8. The monoisotopic (exact) mass is 294 g/mol. The van der Waals surface area contributed by atoms with E-state index in [0.29, 0.717) is 6.04 Å². The minimum Gasteiger partial charge on any atom is -0.353 e. The molecule has 17 heavy (non-hydrogen) atoms. The molecule has 1 atom stereocenters. The summed E-state index contributed by atoms with van der Waals surface area (Å²) in [5, 5.41) is 1.06. The Morgan fingerprint density at radius 2 is 2.18 bits per heavy atom. The van der Waals surface area contributed by atoms with Crippen molar-refractivity contribution in [2.45, 2.75) is 44.6 Å². The number of rotatable bonds is 2. The summed E-state index contributed by atoms with van der Waals surface area (Å²) in [5.74, 6) is 1.20. The van der Waals surface area contributed by atoms with Gasteiger partial charge in [0.05, 0.1) is 0 Å². The third-order valence-corrected chi connectivity index (χ3v) is 4.76. The number of hydrogen-bond donors (Lipinski definition) is 0. The first kappa shape index (κ1) is 11.5. The first-order valence-electron chi connectivity index (χ1n) is 6.70. The number of halogens is 1. The number of hydrogen-bond acceptors (Lipinski definition) is 2. The van der Waals surface area contributed by atoms with Crippen LogP contribution in [-0.2, 0) is 12.8 Å². The number of aromatic nitrogens is 1. The summed E-state index contributed by atoms with van der Waals surface area (Å²) >= 11 is 3.64. The van der Waals surface area contributed by atoms with E-state index in [0.717, 1.165) is 5.33 Å². The standard InChI is InChI=1S/C14H19BrN2/c15-10-12-5-1-2-9-17(12)14-8-7-11-4-3-6-13(11)16-14/h7-8,12H,1-6,9-10H2. The smallest absolute Gasteiger partial charge is 0.129 e. The van der Waals surface area contributed by atoms with Crippen LogP contribution in [0, 0.1) is 0 Å². The van der Waals surface area contributed by atoms with E-state index in [9.17, 15) is 0 Å². The highest BCUT2D eigenvalue weighted by atomic mass is 79.9. The number of anilines is 1. The SMILES string of the molecule is BrCC1CCCCN1c1ccc2c(n1)CCC2. The van der Waals surface area contributed by atoms with Crippen LogP contribution in [0.5, 0.6) is 0 Å². The Morgan fingerprint density at radius 3 is 3.06 bits per heavy atom. The molecule has 0 aromatic carbocycles. The van der Waals surface area contributed by atoms with Gasteiger partial charge >= 0.3 is 0 Å². The lowest BCUT2D eigenvalue weighted by molar-refractivity contribution is 0.487. The quantitative estimate of drug-likeness (QED) is 0.778. The van der Waals surface area contributed by atoms with E-state index >= 15 is 0 Å². The largest absolute Gasteiger partial charge is 0.353 e. The Morgan fingerprint density at radius 1 is 1.24 bits per heavy atom. The van der Waals surface area contributed by atoms with Crippen LogP contribution in [0.2, 0.25) is 0 Å². The molecule has 0 amide bonds. The molecule has 0 saturated carbocycles. The van der Waals surface area contributed by atoms with Crippen LogP contribution in [0.15, 0.2) is 12.1 Å². The zero-order chi connectivity index (χ0) is 11.7. The highest BCUT2D eigenvalue weighted by Gasteiger charge is 2.23. The fourth-order valence-electron chi connectivity index (χ4n) is 3.03. The van der Waals surface area contributed by atoms with Crippen LogP contribution in [0.3, 0.4) is 0 Å². The Hall–Kier alpha value is -0.570. The van der Waals surface area contributed by atoms with E-state index in [2.05, 4.69) is 33.0 Å². The molecule has 1 fully saturated rings. The van der Waals surface area contributed by atoms with Gasteiger partial charge in [-0.3, -0.25) is 0 Å². The predicted molar refractivity (Wildman–Crippen MR) is 75.0 cm³/mol. The van der Waals surface area contributed by atoms with Gasteiger partial charge in [0, 0.05) is 23.6 Å². The molecule has 2 nitrogen and oxygen atoms in total. The van der Waals surface area contributed by atoms with Crippen LogP contribution < -0.4 is 4.90 Å². The van der Waals surface area contributed by atoms with Gasteiger partial charge in [0.2, 0.25) is 0 Å². The van der Waals surface area contributed by atoms with E-state index in [1.165, 1.54) is 62.1 Å². The van der Waals surface area contributed by atoms with Crippen molar-refractivity contribution in [2.24, 2.45) is 0 Å². The molecule has 0 bridgehead atoms. The first-order valence-corrected chi connectivity index (χ1v) is 7.82. The van der Waals surface area contributed by atoms with Crippen LogP contribution in [0.1, 0.15) is 36.9 Å². The molecule has 1 aromatic heterocycles. The van der Waals surface area contributed by atoms with Crippen molar-refractivity contribution in [3.8, 4) is 0 Å². The summed E-state index contributed by atoms with van der Waals surface area (Å²) in [5.41, 5.74) is 2.82. The molecule has 3 heteroatoms. The van der Waals surface area contributed by atoms with Gasteiger partial charge in [-0.2, -0.15) is 0 Å². The molecule has 1 aliphatic carbocycles. The Labute approximate surface area is 112 Å². The molecular weight excluding hydrogens is 276 g/mol. The van der Waals surface area contributed by atoms with Gasteiger partial charge in [0.1, 0.15) is 5.82 Å². The van der Waals surface area contributed by atoms with Crippen molar-refractivity contribution in [1.29, 1.82) is 0 Å².